The van der Waals surface area contributed by atoms with Crippen LogP contribution in [0.15, 0.2) is 18.3 Å². The maximum Gasteiger partial charge on any atom is 0.143 e. The maximum atomic E-state index is 12.7. The van der Waals surface area contributed by atoms with Gasteiger partial charge >= 0.3 is 0 Å². The first-order valence-electron chi connectivity index (χ1n) is 4.07. The fourth-order valence-corrected chi connectivity index (χ4v) is 1.32. The smallest absolute Gasteiger partial charge is 0.143 e. The summed E-state index contributed by atoms with van der Waals surface area (Å²) >= 11 is 0. The molecule has 2 aromatic rings. The second kappa shape index (κ2) is 3.14. The number of fused-ring (bicyclic) bond motifs is 1. The average molecular weight is 179 g/mol. The van der Waals surface area contributed by atoms with Crippen LogP contribution in [-0.4, -0.2) is 17.0 Å². The van der Waals surface area contributed by atoms with Crippen molar-refractivity contribution in [2.24, 2.45) is 0 Å². The zero-order chi connectivity index (χ0) is 9.26. The van der Waals surface area contributed by atoms with Gasteiger partial charge in [0, 0.05) is 18.3 Å². The number of H-pyrrole nitrogens is 1. The van der Waals surface area contributed by atoms with Gasteiger partial charge in [-0.25, -0.2) is 4.39 Å². The second-order valence-corrected chi connectivity index (χ2v) is 2.91. The molecule has 0 spiro atoms. The molecule has 4 heteroatoms. The summed E-state index contributed by atoms with van der Waals surface area (Å²) in [6, 6.07) is 3.35. The minimum atomic E-state index is -0.314. The molecule has 3 nitrogen and oxygen atoms in total. The van der Waals surface area contributed by atoms with Crippen molar-refractivity contribution in [2.75, 3.05) is 7.05 Å². The van der Waals surface area contributed by atoms with Gasteiger partial charge in [0.05, 0.1) is 17.2 Å². The summed E-state index contributed by atoms with van der Waals surface area (Å²) < 4.78 is 12.7. The van der Waals surface area contributed by atoms with Crippen molar-refractivity contribution in [3.8, 4) is 0 Å². The van der Waals surface area contributed by atoms with Gasteiger partial charge in [0.1, 0.15) is 5.82 Å². The highest BCUT2D eigenvalue weighted by Gasteiger charge is 2.01. The molecular formula is C9H10FN3. The Morgan fingerprint density at radius 1 is 1.54 bits per heavy atom. The van der Waals surface area contributed by atoms with E-state index in [2.05, 4.69) is 15.3 Å². The summed E-state index contributed by atoms with van der Waals surface area (Å²) in [6.45, 7) is 0.734. The summed E-state index contributed by atoms with van der Waals surface area (Å²) in [5, 5.41) is 3.01. The van der Waals surface area contributed by atoms with Crippen LogP contribution in [0.4, 0.5) is 4.39 Å². The summed E-state index contributed by atoms with van der Waals surface area (Å²) in [6.07, 6.45) is 1.22. The molecule has 0 aromatic carbocycles. The van der Waals surface area contributed by atoms with Gasteiger partial charge < -0.3 is 10.3 Å². The first-order valence-corrected chi connectivity index (χ1v) is 4.07. The number of aromatic nitrogens is 2. The molecule has 0 saturated heterocycles. The van der Waals surface area contributed by atoms with Crippen LogP contribution in [0.1, 0.15) is 5.69 Å². The van der Waals surface area contributed by atoms with Crippen LogP contribution in [0.2, 0.25) is 0 Å². The summed E-state index contributed by atoms with van der Waals surface area (Å²) in [5.41, 5.74) is 2.55. The van der Waals surface area contributed by atoms with E-state index in [0.717, 1.165) is 23.3 Å². The van der Waals surface area contributed by atoms with Gasteiger partial charge in [0.25, 0.3) is 0 Å². The zero-order valence-corrected chi connectivity index (χ0v) is 7.26. The first-order chi connectivity index (χ1) is 6.29. The highest BCUT2D eigenvalue weighted by Crippen LogP contribution is 2.13. The Morgan fingerprint density at radius 3 is 3.15 bits per heavy atom. The fraction of sp³-hybridized carbons (Fsp3) is 0.222. The van der Waals surface area contributed by atoms with E-state index in [4.69, 9.17) is 0 Å². The van der Waals surface area contributed by atoms with Crippen LogP contribution in [-0.2, 0) is 6.54 Å². The topological polar surface area (TPSA) is 40.7 Å². The van der Waals surface area contributed by atoms with Crippen LogP contribution in [0.25, 0.3) is 11.0 Å². The first kappa shape index (κ1) is 8.19. The second-order valence-electron chi connectivity index (χ2n) is 2.91. The lowest BCUT2D eigenvalue weighted by atomic mass is 10.3. The lowest BCUT2D eigenvalue weighted by Gasteiger charge is -1.91. The molecule has 2 rings (SSSR count). The Bertz CT molecular complexity index is 422. The number of pyridine rings is 1. The molecule has 2 aromatic heterocycles. The molecule has 68 valence electrons. The predicted octanol–water partition coefficient (Wildman–Crippen LogP) is 1.42. The highest BCUT2D eigenvalue weighted by molar-refractivity contribution is 5.75. The van der Waals surface area contributed by atoms with Gasteiger partial charge in [0.2, 0.25) is 0 Å². The van der Waals surface area contributed by atoms with E-state index < -0.39 is 0 Å². The number of nitrogens with one attached hydrogen (secondary N) is 2. The molecule has 0 radical (unpaired) electrons. The van der Waals surface area contributed by atoms with E-state index in [9.17, 15) is 4.39 Å². The van der Waals surface area contributed by atoms with Crippen molar-refractivity contribution < 1.29 is 4.39 Å². The molecule has 0 fully saturated rings. The molecule has 0 aliphatic rings. The quantitative estimate of drug-likeness (QED) is 0.732. The van der Waals surface area contributed by atoms with Crippen LogP contribution in [0.3, 0.4) is 0 Å². The normalized spacial score (nSPS) is 10.9. The number of halogens is 1. The molecule has 0 saturated carbocycles. The number of hydrogen-bond donors (Lipinski definition) is 2. The Hall–Kier alpha value is -1.42. The van der Waals surface area contributed by atoms with Crippen molar-refractivity contribution in [3.63, 3.8) is 0 Å². The van der Waals surface area contributed by atoms with Crippen molar-refractivity contribution in [3.05, 3.63) is 29.8 Å². The van der Waals surface area contributed by atoms with Crippen molar-refractivity contribution >= 4 is 11.0 Å². The van der Waals surface area contributed by atoms with Gasteiger partial charge in [-0.1, -0.05) is 0 Å². The molecule has 2 N–H and O–H groups in total. The van der Waals surface area contributed by atoms with E-state index in [0.29, 0.717) is 0 Å². The zero-order valence-electron chi connectivity index (χ0n) is 7.26. The molecule has 0 bridgehead atoms. The third-order valence-electron chi connectivity index (χ3n) is 1.86. The van der Waals surface area contributed by atoms with Crippen LogP contribution in [0.5, 0.6) is 0 Å². The molecular weight excluding hydrogens is 169 g/mol. The van der Waals surface area contributed by atoms with E-state index in [1.807, 2.05) is 13.1 Å². The SMILES string of the molecule is CNCc1cc2ncc(F)cc2[nH]1. The van der Waals surface area contributed by atoms with Gasteiger partial charge in [-0.15, -0.1) is 0 Å². The summed E-state index contributed by atoms with van der Waals surface area (Å²) in [7, 11) is 1.86. The molecule has 0 aliphatic heterocycles. The van der Waals surface area contributed by atoms with Crippen LogP contribution < -0.4 is 5.32 Å². The lowest BCUT2D eigenvalue weighted by Crippen LogP contribution is -2.04. The number of nitrogens with zero attached hydrogens (tertiary/aromatic N) is 1. The van der Waals surface area contributed by atoms with Crippen molar-refractivity contribution in [1.29, 1.82) is 0 Å². The standard InChI is InChI=1S/C9H10FN3/c1-11-5-7-3-8-9(13-7)2-6(10)4-12-8/h2-4,11,13H,5H2,1H3. The third-order valence-corrected chi connectivity index (χ3v) is 1.86. The van der Waals surface area contributed by atoms with E-state index in [1.54, 1.807) is 0 Å². The Morgan fingerprint density at radius 2 is 2.38 bits per heavy atom. The molecule has 0 amide bonds. The van der Waals surface area contributed by atoms with Gasteiger partial charge in [-0.2, -0.15) is 0 Å². The number of rotatable bonds is 2. The van der Waals surface area contributed by atoms with Gasteiger partial charge in [0.15, 0.2) is 0 Å². The lowest BCUT2D eigenvalue weighted by molar-refractivity contribution is 0.624. The monoisotopic (exact) mass is 179 g/mol. The third kappa shape index (κ3) is 1.53. The molecule has 0 atom stereocenters. The van der Waals surface area contributed by atoms with Crippen LogP contribution in [0, 0.1) is 5.82 Å². The Labute approximate surface area is 75.0 Å². The minimum Gasteiger partial charge on any atom is -0.356 e. The van der Waals surface area contributed by atoms with Crippen molar-refractivity contribution in [1.82, 2.24) is 15.3 Å². The minimum absolute atomic E-state index is 0.314. The van der Waals surface area contributed by atoms with E-state index >= 15 is 0 Å². The van der Waals surface area contributed by atoms with Gasteiger partial charge in [-0.3, -0.25) is 4.98 Å². The van der Waals surface area contributed by atoms with Crippen LogP contribution >= 0.6 is 0 Å². The largest absolute Gasteiger partial charge is 0.356 e. The molecule has 13 heavy (non-hydrogen) atoms. The van der Waals surface area contributed by atoms with E-state index in [1.165, 1.54) is 12.3 Å². The van der Waals surface area contributed by atoms with E-state index in [-0.39, 0.29) is 5.82 Å². The maximum absolute atomic E-state index is 12.7. The number of aromatic amines is 1. The summed E-state index contributed by atoms with van der Waals surface area (Å²) in [5.74, 6) is -0.314. The predicted molar refractivity (Wildman–Crippen MR) is 48.8 cm³/mol. The molecule has 0 unspecified atom stereocenters. The highest BCUT2D eigenvalue weighted by atomic mass is 19.1. The average Bonchev–Trinajstić information content (AvgIpc) is 2.46. The Balaban J connectivity index is 2.49. The fourth-order valence-electron chi connectivity index (χ4n) is 1.32. The number of hydrogen-bond acceptors (Lipinski definition) is 2. The summed E-state index contributed by atoms with van der Waals surface area (Å²) in [4.78, 5) is 7.02. The molecule has 0 aliphatic carbocycles. The Kier molecular flexibility index (Phi) is 1.98. The van der Waals surface area contributed by atoms with Gasteiger partial charge in [-0.05, 0) is 13.1 Å². The van der Waals surface area contributed by atoms with Crippen molar-refractivity contribution in [2.45, 2.75) is 6.54 Å². The molecule has 2 heterocycles.